The van der Waals surface area contributed by atoms with E-state index in [1.165, 1.54) is 6.07 Å². The van der Waals surface area contributed by atoms with Crippen LogP contribution >= 0.6 is 0 Å². The molecule has 0 bridgehead atoms. The van der Waals surface area contributed by atoms with E-state index in [-0.39, 0.29) is 18.9 Å². The van der Waals surface area contributed by atoms with Gasteiger partial charge >= 0.3 is 11.9 Å². The molecule has 3 rings (SSSR count). The third-order valence-electron chi connectivity index (χ3n) is 4.83. The van der Waals surface area contributed by atoms with Gasteiger partial charge in [-0.1, -0.05) is 6.07 Å². The molecule has 2 saturated carbocycles. The van der Waals surface area contributed by atoms with Crippen LogP contribution in [0.2, 0.25) is 0 Å². The van der Waals surface area contributed by atoms with Crippen LogP contribution in [0.1, 0.15) is 12.0 Å². The van der Waals surface area contributed by atoms with Gasteiger partial charge in [0.1, 0.15) is 5.54 Å². The van der Waals surface area contributed by atoms with Crippen LogP contribution in [-0.2, 0) is 20.9 Å². The molecule has 5 atom stereocenters. The number of aliphatic carboxylic acids is 2. The third kappa shape index (κ3) is 2.38. The molecule has 1 aromatic carbocycles. The van der Waals surface area contributed by atoms with E-state index >= 15 is 0 Å². The maximum atomic E-state index is 13.2. The summed E-state index contributed by atoms with van der Waals surface area (Å²) in [6, 6.07) is 3.24. The van der Waals surface area contributed by atoms with E-state index in [4.69, 9.17) is 15.6 Å². The molecule has 2 aliphatic carbocycles. The van der Waals surface area contributed by atoms with E-state index in [0.29, 0.717) is 5.56 Å². The number of ether oxygens (including phenoxy) is 1. The summed E-state index contributed by atoms with van der Waals surface area (Å²) in [5.41, 5.74) is 4.51. The van der Waals surface area contributed by atoms with Crippen LogP contribution in [0.3, 0.4) is 0 Å². The van der Waals surface area contributed by atoms with Crippen LogP contribution in [0.4, 0.5) is 8.78 Å². The fourth-order valence-corrected chi connectivity index (χ4v) is 3.62. The Kier molecular flexibility index (Phi) is 3.61. The highest BCUT2D eigenvalue weighted by Gasteiger charge is 2.74. The van der Waals surface area contributed by atoms with Crippen molar-refractivity contribution in [1.29, 1.82) is 0 Å². The molecule has 124 valence electrons. The van der Waals surface area contributed by atoms with Gasteiger partial charge in [-0.3, -0.25) is 9.59 Å². The highest BCUT2D eigenvalue weighted by molar-refractivity contribution is 5.86. The highest BCUT2D eigenvalue weighted by atomic mass is 19.2. The summed E-state index contributed by atoms with van der Waals surface area (Å²) in [5.74, 6) is -6.16. The molecule has 0 heterocycles. The fraction of sp³-hybridized carbons (Fsp3) is 0.467. The molecule has 2 fully saturated rings. The lowest BCUT2D eigenvalue weighted by Crippen LogP contribution is -2.58. The molecule has 0 spiro atoms. The zero-order chi connectivity index (χ0) is 16.9. The number of nitrogens with two attached hydrogens (primary N) is 1. The fourth-order valence-electron chi connectivity index (χ4n) is 3.62. The monoisotopic (exact) mass is 327 g/mol. The Morgan fingerprint density at radius 2 is 2.00 bits per heavy atom. The molecule has 0 amide bonds. The van der Waals surface area contributed by atoms with E-state index in [2.05, 4.69) is 0 Å². The number of halogens is 2. The van der Waals surface area contributed by atoms with Crippen LogP contribution < -0.4 is 5.73 Å². The molecule has 2 aliphatic rings. The third-order valence-corrected chi connectivity index (χ3v) is 4.83. The van der Waals surface area contributed by atoms with Crippen molar-refractivity contribution in [2.75, 3.05) is 0 Å². The molecule has 0 radical (unpaired) electrons. The maximum Gasteiger partial charge on any atom is 0.326 e. The van der Waals surface area contributed by atoms with Crippen molar-refractivity contribution in [2.24, 2.45) is 23.5 Å². The van der Waals surface area contributed by atoms with E-state index in [1.807, 2.05) is 0 Å². The van der Waals surface area contributed by atoms with Crippen molar-refractivity contribution >= 4 is 11.9 Å². The van der Waals surface area contributed by atoms with Gasteiger partial charge in [0.15, 0.2) is 11.6 Å². The predicted molar refractivity (Wildman–Crippen MR) is 72.2 cm³/mol. The van der Waals surface area contributed by atoms with Crippen molar-refractivity contribution in [3.8, 4) is 0 Å². The van der Waals surface area contributed by atoms with E-state index < -0.39 is 47.1 Å². The smallest absolute Gasteiger partial charge is 0.326 e. The molecule has 0 aliphatic heterocycles. The first-order chi connectivity index (χ1) is 10.8. The van der Waals surface area contributed by atoms with Crippen LogP contribution in [0.15, 0.2) is 18.2 Å². The second-order valence-electron chi connectivity index (χ2n) is 6.08. The van der Waals surface area contributed by atoms with Crippen molar-refractivity contribution in [3.63, 3.8) is 0 Å². The standard InChI is InChI=1S/C15H15F2NO5/c16-8-2-1-6(3-9(8)17)5-23-10-4-7-11(13(19)20)12(7)15(10,18)14(21)22/h1-3,7,10-12H,4-5,18H2,(H,19,20)(H,21,22). The van der Waals surface area contributed by atoms with Gasteiger partial charge in [-0.15, -0.1) is 0 Å². The van der Waals surface area contributed by atoms with Crippen LogP contribution in [0.5, 0.6) is 0 Å². The average molecular weight is 327 g/mol. The van der Waals surface area contributed by atoms with Gasteiger partial charge in [0.2, 0.25) is 0 Å². The zero-order valence-electron chi connectivity index (χ0n) is 11.9. The molecule has 0 saturated heterocycles. The molecule has 6 nitrogen and oxygen atoms in total. The topological polar surface area (TPSA) is 110 Å². The van der Waals surface area contributed by atoms with Crippen LogP contribution in [0, 0.1) is 29.4 Å². The quantitative estimate of drug-likeness (QED) is 0.744. The van der Waals surface area contributed by atoms with Gasteiger partial charge in [0.25, 0.3) is 0 Å². The number of hydrogen-bond donors (Lipinski definition) is 3. The Labute approximate surface area is 129 Å². The SMILES string of the molecule is NC1(C(=O)O)C(OCc2ccc(F)c(F)c2)CC2C(C(=O)O)C21. The number of carboxylic acid groups (broad SMARTS) is 2. The second-order valence-corrected chi connectivity index (χ2v) is 6.08. The lowest BCUT2D eigenvalue weighted by Gasteiger charge is -2.30. The van der Waals surface area contributed by atoms with Crippen molar-refractivity contribution in [1.82, 2.24) is 0 Å². The summed E-state index contributed by atoms with van der Waals surface area (Å²) < 4.78 is 31.5. The van der Waals surface area contributed by atoms with Crippen LogP contribution in [-0.4, -0.2) is 33.8 Å². The minimum Gasteiger partial charge on any atom is -0.481 e. The lowest BCUT2D eigenvalue weighted by atomic mass is 9.89. The summed E-state index contributed by atoms with van der Waals surface area (Å²) in [6.45, 7) is -0.134. The first-order valence-electron chi connectivity index (χ1n) is 7.07. The Bertz CT molecular complexity index is 682. The molecule has 8 heteroatoms. The molecular weight excluding hydrogens is 312 g/mol. The first kappa shape index (κ1) is 15.8. The van der Waals surface area contributed by atoms with Crippen molar-refractivity contribution in [2.45, 2.75) is 24.7 Å². The summed E-state index contributed by atoms with van der Waals surface area (Å²) in [4.78, 5) is 22.6. The summed E-state index contributed by atoms with van der Waals surface area (Å²) in [5, 5.41) is 18.5. The summed E-state index contributed by atoms with van der Waals surface area (Å²) in [6.07, 6.45) is -0.660. The zero-order valence-corrected chi connectivity index (χ0v) is 11.9. The lowest BCUT2D eigenvalue weighted by molar-refractivity contribution is -0.152. The number of carboxylic acids is 2. The normalized spacial score (nSPS) is 34.9. The second kappa shape index (κ2) is 5.24. The average Bonchev–Trinajstić information content (AvgIpc) is 3.13. The molecule has 0 aromatic heterocycles. The molecule has 1 aromatic rings. The van der Waals surface area contributed by atoms with Crippen molar-refractivity contribution in [3.05, 3.63) is 35.4 Å². The highest BCUT2D eigenvalue weighted by Crippen LogP contribution is 2.62. The summed E-state index contributed by atoms with van der Waals surface area (Å²) >= 11 is 0. The Balaban J connectivity index is 1.72. The minimum atomic E-state index is -1.79. The van der Waals surface area contributed by atoms with Gasteiger partial charge < -0.3 is 20.7 Å². The number of benzene rings is 1. The van der Waals surface area contributed by atoms with Crippen LogP contribution in [0.25, 0.3) is 0 Å². The summed E-state index contributed by atoms with van der Waals surface area (Å²) in [7, 11) is 0. The number of fused-ring (bicyclic) bond motifs is 1. The number of rotatable bonds is 5. The molecular formula is C15H15F2NO5. The molecule has 5 unspecified atom stereocenters. The molecule has 4 N–H and O–H groups in total. The largest absolute Gasteiger partial charge is 0.481 e. The number of hydrogen-bond acceptors (Lipinski definition) is 4. The van der Waals surface area contributed by atoms with Gasteiger partial charge in [-0.2, -0.15) is 0 Å². The van der Waals surface area contributed by atoms with Gasteiger partial charge in [0, 0.05) is 5.92 Å². The van der Waals surface area contributed by atoms with Gasteiger partial charge in [-0.25, -0.2) is 8.78 Å². The minimum absolute atomic E-state index is 0.134. The van der Waals surface area contributed by atoms with E-state index in [1.54, 1.807) is 0 Å². The maximum absolute atomic E-state index is 13.2. The Morgan fingerprint density at radius 1 is 1.30 bits per heavy atom. The Morgan fingerprint density at radius 3 is 2.57 bits per heavy atom. The van der Waals surface area contributed by atoms with Gasteiger partial charge in [0.05, 0.1) is 18.6 Å². The van der Waals surface area contributed by atoms with Gasteiger partial charge in [-0.05, 0) is 30.0 Å². The van der Waals surface area contributed by atoms with E-state index in [9.17, 15) is 23.5 Å². The van der Waals surface area contributed by atoms with Crippen molar-refractivity contribution < 1.29 is 33.3 Å². The first-order valence-corrected chi connectivity index (χ1v) is 7.07. The number of carbonyl (C=O) groups is 2. The Hall–Kier alpha value is -2.06. The molecule has 23 heavy (non-hydrogen) atoms. The predicted octanol–water partition coefficient (Wildman–Crippen LogP) is 0.983. The van der Waals surface area contributed by atoms with E-state index in [0.717, 1.165) is 12.1 Å².